The van der Waals surface area contributed by atoms with Gasteiger partial charge in [-0.25, -0.2) is 13.1 Å². The third-order valence-corrected chi connectivity index (χ3v) is 6.41. The van der Waals surface area contributed by atoms with Gasteiger partial charge >= 0.3 is 0 Å². The Labute approximate surface area is 163 Å². The smallest absolute Gasteiger partial charge is 0.240 e. The van der Waals surface area contributed by atoms with E-state index < -0.39 is 10.0 Å². The Bertz CT molecular complexity index is 923. The Kier molecular flexibility index (Phi) is 5.12. The van der Waals surface area contributed by atoms with E-state index in [0.29, 0.717) is 0 Å². The van der Waals surface area contributed by atoms with Crippen molar-refractivity contribution >= 4 is 10.0 Å². The van der Waals surface area contributed by atoms with Gasteiger partial charge in [0.2, 0.25) is 10.0 Å². The summed E-state index contributed by atoms with van der Waals surface area (Å²) >= 11 is 0. The predicted molar refractivity (Wildman–Crippen MR) is 109 cm³/mol. The molecule has 4 nitrogen and oxygen atoms in total. The molecule has 0 fully saturated rings. The van der Waals surface area contributed by atoms with Gasteiger partial charge in [-0.15, -0.1) is 0 Å². The van der Waals surface area contributed by atoms with E-state index in [2.05, 4.69) is 37.6 Å². The second-order valence-corrected chi connectivity index (χ2v) is 10.7. The number of aryl methyl sites for hydroxylation is 1. The van der Waals surface area contributed by atoms with E-state index in [0.717, 1.165) is 29.7 Å². The zero-order valence-electron chi connectivity index (χ0n) is 16.8. The van der Waals surface area contributed by atoms with Gasteiger partial charge in [0.25, 0.3) is 0 Å². The molecule has 1 heterocycles. The summed E-state index contributed by atoms with van der Waals surface area (Å²) in [5, 5.41) is 0. The van der Waals surface area contributed by atoms with Crippen LogP contribution in [0.25, 0.3) is 0 Å². The first-order chi connectivity index (χ1) is 12.5. The molecule has 0 amide bonds. The highest BCUT2D eigenvalue weighted by Crippen LogP contribution is 2.34. The third-order valence-electron chi connectivity index (χ3n) is 5.01. The number of hydrogen-bond donors (Lipinski definition) is 1. The first kappa shape index (κ1) is 19.9. The van der Waals surface area contributed by atoms with E-state index in [1.54, 1.807) is 18.2 Å². The monoisotopic (exact) mass is 387 g/mol. The normalized spacial score (nSPS) is 16.5. The molecule has 146 valence electrons. The van der Waals surface area contributed by atoms with Crippen LogP contribution in [0, 0.1) is 0 Å². The Hall–Kier alpha value is -1.85. The molecule has 2 aromatic carbocycles. The number of ether oxygens (including phenoxy) is 1. The molecule has 1 aliphatic rings. The van der Waals surface area contributed by atoms with E-state index in [4.69, 9.17) is 4.74 Å². The number of hydrogen-bond acceptors (Lipinski definition) is 3. The summed E-state index contributed by atoms with van der Waals surface area (Å²) in [4.78, 5) is 0.288. The van der Waals surface area contributed by atoms with Crippen molar-refractivity contribution in [1.29, 1.82) is 0 Å². The minimum Gasteiger partial charge on any atom is -0.488 e. The average molecular weight is 388 g/mol. The van der Waals surface area contributed by atoms with Crippen molar-refractivity contribution in [2.45, 2.75) is 69.9 Å². The van der Waals surface area contributed by atoms with Crippen molar-refractivity contribution in [1.82, 2.24) is 4.72 Å². The Balaban J connectivity index is 1.72. The number of sulfonamides is 1. The first-order valence-electron chi connectivity index (χ1n) is 9.37. The minimum atomic E-state index is -3.56. The molecular weight excluding hydrogens is 358 g/mol. The lowest BCUT2D eigenvalue weighted by atomic mass is 9.87. The van der Waals surface area contributed by atoms with Gasteiger partial charge in [0.1, 0.15) is 11.4 Å². The summed E-state index contributed by atoms with van der Waals surface area (Å²) in [6.07, 6.45) is 1.69. The second-order valence-electron chi connectivity index (χ2n) is 8.90. The molecule has 0 aliphatic carbocycles. The molecule has 5 heteroatoms. The van der Waals surface area contributed by atoms with E-state index in [-0.39, 0.29) is 22.5 Å². The second kappa shape index (κ2) is 6.95. The Morgan fingerprint density at radius 3 is 2.37 bits per heavy atom. The zero-order chi connectivity index (χ0) is 19.9. The lowest BCUT2D eigenvalue weighted by Gasteiger charge is -2.32. The maximum Gasteiger partial charge on any atom is 0.240 e. The molecule has 0 saturated carbocycles. The molecule has 0 saturated heterocycles. The van der Waals surface area contributed by atoms with Gasteiger partial charge in [0.15, 0.2) is 0 Å². The average Bonchev–Trinajstić information content (AvgIpc) is 2.58. The van der Waals surface area contributed by atoms with Crippen molar-refractivity contribution in [3.05, 3.63) is 59.2 Å². The largest absolute Gasteiger partial charge is 0.488 e. The van der Waals surface area contributed by atoms with Gasteiger partial charge in [-0.1, -0.05) is 45.0 Å². The molecule has 1 aliphatic heterocycles. The highest BCUT2D eigenvalue weighted by Gasteiger charge is 2.27. The molecule has 0 aromatic heterocycles. The van der Waals surface area contributed by atoms with Crippen LogP contribution in [0.4, 0.5) is 0 Å². The molecule has 2 aromatic rings. The van der Waals surface area contributed by atoms with Crippen molar-refractivity contribution in [3.8, 4) is 5.75 Å². The minimum absolute atomic E-state index is 0.0812. The lowest BCUT2D eigenvalue weighted by molar-refractivity contribution is 0.0845. The van der Waals surface area contributed by atoms with Crippen molar-refractivity contribution in [2.24, 2.45) is 0 Å². The van der Waals surface area contributed by atoms with E-state index in [1.165, 1.54) is 5.56 Å². The van der Waals surface area contributed by atoms with Crippen LogP contribution in [0.1, 0.15) is 57.7 Å². The standard InChI is InChI=1S/C22H29NO3S/c1-21(2,3)18-8-6-16(7-9-18)15-23-27(24,25)19-10-11-20-17(14-19)12-13-22(4,5)26-20/h6-11,14,23H,12-13,15H2,1-5H3. The molecule has 1 N–H and O–H groups in total. The Morgan fingerprint density at radius 2 is 1.74 bits per heavy atom. The predicted octanol–water partition coefficient (Wildman–Crippen LogP) is 4.57. The van der Waals surface area contributed by atoms with Crippen molar-refractivity contribution in [3.63, 3.8) is 0 Å². The maximum absolute atomic E-state index is 12.7. The van der Waals surface area contributed by atoms with Crippen LogP contribution in [-0.2, 0) is 28.4 Å². The van der Waals surface area contributed by atoms with Crippen LogP contribution in [0.3, 0.4) is 0 Å². The third kappa shape index (κ3) is 4.71. The summed E-state index contributed by atoms with van der Waals surface area (Å²) in [7, 11) is -3.56. The molecule has 3 rings (SSSR count). The van der Waals surface area contributed by atoms with Crippen LogP contribution < -0.4 is 9.46 Å². The van der Waals surface area contributed by atoms with Gasteiger partial charge in [0, 0.05) is 6.54 Å². The van der Waals surface area contributed by atoms with E-state index in [9.17, 15) is 8.42 Å². The van der Waals surface area contributed by atoms with Crippen LogP contribution in [0.5, 0.6) is 5.75 Å². The first-order valence-corrected chi connectivity index (χ1v) is 10.9. The van der Waals surface area contributed by atoms with E-state index >= 15 is 0 Å². The van der Waals surface area contributed by atoms with Crippen LogP contribution >= 0.6 is 0 Å². The zero-order valence-corrected chi connectivity index (χ0v) is 17.6. The summed E-state index contributed by atoms with van der Waals surface area (Å²) in [5.74, 6) is 0.781. The molecule has 0 radical (unpaired) electrons. The molecule has 0 atom stereocenters. The quantitative estimate of drug-likeness (QED) is 0.836. The van der Waals surface area contributed by atoms with Crippen molar-refractivity contribution in [2.75, 3.05) is 0 Å². The summed E-state index contributed by atoms with van der Waals surface area (Å²) in [6, 6.07) is 13.2. The molecule has 0 spiro atoms. The molecule has 0 bridgehead atoms. The fourth-order valence-corrected chi connectivity index (χ4v) is 4.25. The maximum atomic E-state index is 12.7. The summed E-state index contributed by atoms with van der Waals surface area (Å²) < 4.78 is 34.0. The topological polar surface area (TPSA) is 55.4 Å². The summed E-state index contributed by atoms with van der Waals surface area (Å²) in [6.45, 7) is 10.8. The summed E-state index contributed by atoms with van der Waals surface area (Å²) in [5.41, 5.74) is 3.00. The van der Waals surface area contributed by atoms with Crippen LogP contribution in [0.15, 0.2) is 47.4 Å². The highest BCUT2D eigenvalue weighted by molar-refractivity contribution is 7.89. The van der Waals surface area contributed by atoms with Gasteiger partial charge < -0.3 is 4.74 Å². The van der Waals surface area contributed by atoms with E-state index in [1.807, 2.05) is 26.0 Å². The van der Waals surface area contributed by atoms with Crippen molar-refractivity contribution < 1.29 is 13.2 Å². The van der Waals surface area contributed by atoms with Crippen LogP contribution in [0.2, 0.25) is 0 Å². The number of fused-ring (bicyclic) bond motifs is 1. The van der Waals surface area contributed by atoms with Gasteiger partial charge in [-0.3, -0.25) is 0 Å². The fourth-order valence-electron chi connectivity index (χ4n) is 3.19. The number of benzene rings is 2. The molecular formula is C22H29NO3S. The molecule has 27 heavy (non-hydrogen) atoms. The highest BCUT2D eigenvalue weighted by atomic mass is 32.2. The van der Waals surface area contributed by atoms with Gasteiger partial charge in [0.05, 0.1) is 4.90 Å². The number of nitrogens with one attached hydrogen (secondary N) is 1. The Morgan fingerprint density at radius 1 is 1.07 bits per heavy atom. The SMILES string of the molecule is CC1(C)CCc2cc(S(=O)(=O)NCc3ccc(C(C)(C)C)cc3)ccc2O1. The van der Waals surface area contributed by atoms with Crippen LogP contribution in [-0.4, -0.2) is 14.0 Å². The number of rotatable bonds is 4. The fraction of sp³-hybridized carbons (Fsp3) is 0.455. The lowest BCUT2D eigenvalue weighted by Crippen LogP contribution is -2.32. The van der Waals surface area contributed by atoms with Gasteiger partial charge in [-0.05, 0) is 67.0 Å². The van der Waals surface area contributed by atoms with Gasteiger partial charge in [-0.2, -0.15) is 0 Å². The molecule has 0 unspecified atom stereocenters.